The van der Waals surface area contributed by atoms with E-state index in [4.69, 9.17) is 4.74 Å². The zero-order valence-electron chi connectivity index (χ0n) is 11.5. The SMILES string of the molecule is CC1OCCC1(C)NCc1ccnc2ccccc12. The van der Waals surface area contributed by atoms with Crippen LogP contribution in [0.25, 0.3) is 10.9 Å². The van der Waals surface area contributed by atoms with Crippen molar-refractivity contribution in [2.24, 2.45) is 0 Å². The summed E-state index contributed by atoms with van der Waals surface area (Å²) in [4.78, 5) is 4.40. The van der Waals surface area contributed by atoms with Gasteiger partial charge >= 0.3 is 0 Å². The molecule has 1 fully saturated rings. The second-order valence-electron chi connectivity index (χ2n) is 5.52. The molecule has 100 valence electrons. The fraction of sp³-hybridized carbons (Fsp3) is 0.438. The van der Waals surface area contributed by atoms with E-state index >= 15 is 0 Å². The maximum Gasteiger partial charge on any atom is 0.0726 e. The zero-order valence-corrected chi connectivity index (χ0v) is 11.5. The van der Waals surface area contributed by atoms with Gasteiger partial charge in [0.1, 0.15) is 0 Å². The third-order valence-electron chi connectivity index (χ3n) is 4.31. The second-order valence-corrected chi connectivity index (χ2v) is 5.52. The number of fused-ring (bicyclic) bond motifs is 1. The van der Waals surface area contributed by atoms with Crippen LogP contribution in [0.1, 0.15) is 25.8 Å². The van der Waals surface area contributed by atoms with Crippen LogP contribution in [0.3, 0.4) is 0 Å². The predicted octanol–water partition coefficient (Wildman–Crippen LogP) is 2.89. The van der Waals surface area contributed by atoms with E-state index in [-0.39, 0.29) is 11.6 Å². The topological polar surface area (TPSA) is 34.1 Å². The molecule has 0 bridgehead atoms. The van der Waals surface area contributed by atoms with Gasteiger partial charge in [-0.25, -0.2) is 0 Å². The molecule has 1 aromatic carbocycles. The van der Waals surface area contributed by atoms with Gasteiger partial charge in [0, 0.05) is 30.3 Å². The number of benzene rings is 1. The predicted molar refractivity (Wildman–Crippen MR) is 77.0 cm³/mol. The van der Waals surface area contributed by atoms with Crippen LogP contribution in [-0.4, -0.2) is 23.2 Å². The molecule has 3 heteroatoms. The van der Waals surface area contributed by atoms with Gasteiger partial charge in [-0.1, -0.05) is 18.2 Å². The van der Waals surface area contributed by atoms with Crippen molar-refractivity contribution in [3.05, 3.63) is 42.1 Å². The van der Waals surface area contributed by atoms with Crippen molar-refractivity contribution in [3.63, 3.8) is 0 Å². The highest BCUT2D eigenvalue weighted by Crippen LogP contribution is 2.26. The Bertz CT molecular complexity index is 578. The summed E-state index contributed by atoms with van der Waals surface area (Å²) in [7, 11) is 0. The van der Waals surface area contributed by atoms with E-state index in [1.165, 1.54) is 10.9 Å². The molecule has 1 aliphatic heterocycles. The first kappa shape index (κ1) is 12.6. The minimum Gasteiger partial charge on any atom is -0.377 e. The first-order chi connectivity index (χ1) is 9.19. The van der Waals surface area contributed by atoms with Crippen LogP contribution in [0.15, 0.2) is 36.5 Å². The molecule has 1 saturated heterocycles. The Hall–Kier alpha value is -1.45. The fourth-order valence-electron chi connectivity index (χ4n) is 2.67. The monoisotopic (exact) mass is 256 g/mol. The number of pyridine rings is 1. The smallest absolute Gasteiger partial charge is 0.0726 e. The van der Waals surface area contributed by atoms with Gasteiger partial charge in [-0.05, 0) is 38.0 Å². The van der Waals surface area contributed by atoms with Crippen molar-refractivity contribution in [2.75, 3.05) is 6.61 Å². The van der Waals surface area contributed by atoms with Gasteiger partial charge in [0.05, 0.1) is 11.6 Å². The standard InChI is InChI=1S/C16H20N2O/c1-12-16(2,8-10-19-12)18-11-13-7-9-17-15-6-4-3-5-14(13)15/h3-7,9,12,18H,8,10-11H2,1-2H3. The minimum absolute atomic E-state index is 0.0738. The van der Waals surface area contributed by atoms with Crippen LogP contribution in [0.5, 0.6) is 0 Å². The van der Waals surface area contributed by atoms with Crippen LogP contribution in [0.4, 0.5) is 0 Å². The average Bonchev–Trinajstić information content (AvgIpc) is 2.77. The van der Waals surface area contributed by atoms with Crippen LogP contribution in [0, 0.1) is 0 Å². The number of aromatic nitrogens is 1. The van der Waals surface area contributed by atoms with Gasteiger partial charge in [0.2, 0.25) is 0 Å². The molecular formula is C16H20N2O. The second kappa shape index (κ2) is 4.91. The maximum absolute atomic E-state index is 5.67. The van der Waals surface area contributed by atoms with Crippen molar-refractivity contribution in [1.82, 2.24) is 10.3 Å². The molecular weight excluding hydrogens is 236 g/mol. The molecule has 3 nitrogen and oxygen atoms in total. The Morgan fingerprint density at radius 1 is 1.37 bits per heavy atom. The summed E-state index contributed by atoms with van der Waals surface area (Å²) < 4.78 is 5.67. The van der Waals surface area contributed by atoms with E-state index in [1.807, 2.05) is 12.3 Å². The highest BCUT2D eigenvalue weighted by Gasteiger charge is 2.36. The third kappa shape index (κ3) is 2.36. The largest absolute Gasteiger partial charge is 0.377 e. The molecule has 1 aromatic heterocycles. The fourth-order valence-corrected chi connectivity index (χ4v) is 2.67. The maximum atomic E-state index is 5.67. The summed E-state index contributed by atoms with van der Waals surface area (Å²) in [6, 6.07) is 10.4. The first-order valence-corrected chi connectivity index (χ1v) is 6.88. The summed E-state index contributed by atoms with van der Waals surface area (Å²) in [5.74, 6) is 0. The van der Waals surface area contributed by atoms with E-state index in [1.54, 1.807) is 0 Å². The Balaban J connectivity index is 1.82. The molecule has 2 atom stereocenters. The lowest BCUT2D eigenvalue weighted by Crippen LogP contribution is -2.47. The van der Waals surface area contributed by atoms with Crippen molar-refractivity contribution in [1.29, 1.82) is 0 Å². The lowest BCUT2D eigenvalue weighted by molar-refractivity contribution is 0.0882. The first-order valence-electron chi connectivity index (χ1n) is 6.88. The molecule has 1 aliphatic rings. The highest BCUT2D eigenvalue weighted by atomic mass is 16.5. The van der Waals surface area contributed by atoms with E-state index in [9.17, 15) is 0 Å². The molecule has 0 saturated carbocycles. The summed E-state index contributed by atoms with van der Waals surface area (Å²) in [6.45, 7) is 6.09. The summed E-state index contributed by atoms with van der Waals surface area (Å²) >= 11 is 0. The number of para-hydroxylation sites is 1. The lowest BCUT2D eigenvalue weighted by atomic mass is 9.94. The normalized spacial score (nSPS) is 26.9. The summed E-state index contributed by atoms with van der Waals surface area (Å²) in [5, 5.41) is 4.89. The van der Waals surface area contributed by atoms with Gasteiger partial charge in [-0.3, -0.25) is 4.98 Å². The molecule has 0 amide bonds. The van der Waals surface area contributed by atoms with Crippen LogP contribution < -0.4 is 5.32 Å². The van der Waals surface area contributed by atoms with Crippen LogP contribution in [0.2, 0.25) is 0 Å². The molecule has 0 spiro atoms. The van der Waals surface area contributed by atoms with Gasteiger partial charge in [-0.2, -0.15) is 0 Å². The molecule has 2 heterocycles. The Morgan fingerprint density at radius 3 is 3.00 bits per heavy atom. The molecule has 3 rings (SSSR count). The number of nitrogens with one attached hydrogen (secondary N) is 1. The summed E-state index contributed by atoms with van der Waals surface area (Å²) in [5.41, 5.74) is 2.43. The third-order valence-corrected chi connectivity index (χ3v) is 4.31. The zero-order chi connectivity index (χ0) is 13.3. The molecule has 2 aromatic rings. The van der Waals surface area contributed by atoms with Gasteiger partial charge < -0.3 is 10.1 Å². The number of ether oxygens (including phenoxy) is 1. The van der Waals surface area contributed by atoms with Crippen LogP contribution >= 0.6 is 0 Å². The minimum atomic E-state index is 0.0738. The number of hydrogen-bond donors (Lipinski definition) is 1. The Labute approximate surface area is 114 Å². The van der Waals surface area contributed by atoms with Crippen molar-refractivity contribution in [3.8, 4) is 0 Å². The Kier molecular flexibility index (Phi) is 3.25. The Morgan fingerprint density at radius 2 is 2.21 bits per heavy atom. The number of nitrogens with zero attached hydrogens (tertiary/aromatic N) is 1. The molecule has 0 aliphatic carbocycles. The number of rotatable bonds is 3. The molecule has 1 N–H and O–H groups in total. The van der Waals surface area contributed by atoms with E-state index < -0.39 is 0 Å². The van der Waals surface area contributed by atoms with E-state index in [0.29, 0.717) is 0 Å². The molecule has 19 heavy (non-hydrogen) atoms. The average molecular weight is 256 g/mol. The van der Waals surface area contributed by atoms with Gasteiger partial charge in [-0.15, -0.1) is 0 Å². The molecule has 2 unspecified atom stereocenters. The van der Waals surface area contributed by atoms with Gasteiger partial charge in [0.15, 0.2) is 0 Å². The van der Waals surface area contributed by atoms with Gasteiger partial charge in [0.25, 0.3) is 0 Å². The highest BCUT2D eigenvalue weighted by molar-refractivity contribution is 5.81. The van der Waals surface area contributed by atoms with Crippen molar-refractivity contribution in [2.45, 2.75) is 38.5 Å². The van der Waals surface area contributed by atoms with E-state index in [0.717, 1.165) is 25.1 Å². The quantitative estimate of drug-likeness (QED) is 0.917. The van der Waals surface area contributed by atoms with E-state index in [2.05, 4.69) is 48.4 Å². The summed E-state index contributed by atoms with van der Waals surface area (Å²) in [6.07, 6.45) is 3.22. The van der Waals surface area contributed by atoms with Crippen LogP contribution in [-0.2, 0) is 11.3 Å². The van der Waals surface area contributed by atoms with Crippen molar-refractivity contribution >= 4 is 10.9 Å². The lowest BCUT2D eigenvalue weighted by Gasteiger charge is -2.29. The molecule has 0 radical (unpaired) electrons. The number of hydrogen-bond acceptors (Lipinski definition) is 3. The van der Waals surface area contributed by atoms with Crippen molar-refractivity contribution < 1.29 is 4.74 Å².